The first-order chi connectivity index (χ1) is 15.9. The van der Waals surface area contributed by atoms with Gasteiger partial charge in [0.25, 0.3) is 0 Å². The van der Waals surface area contributed by atoms with Crippen molar-refractivity contribution in [2.24, 2.45) is 4.99 Å². The number of H-pyrrole nitrogens is 1. The maximum absolute atomic E-state index is 6.02. The lowest BCUT2D eigenvalue weighted by Crippen LogP contribution is -2.41. The highest BCUT2D eigenvalue weighted by Gasteiger charge is 2.52. The van der Waals surface area contributed by atoms with Gasteiger partial charge in [-0.3, -0.25) is 10.1 Å². The lowest BCUT2D eigenvalue weighted by molar-refractivity contribution is 0.00578. The summed E-state index contributed by atoms with van der Waals surface area (Å²) in [5.74, 6) is 0. The minimum atomic E-state index is -0.387. The van der Waals surface area contributed by atoms with Crippen molar-refractivity contribution in [3.8, 4) is 0 Å². The van der Waals surface area contributed by atoms with Crippen LogP contribution in [0.5, 0.6) is 0 Å². The summed E-state index contributed by atoms with van der Waals surface area (Å²) in [7, 11) is -0.387. The van der Waals surface area contributed by atoms with E-state index in [0.717, 1.165) is 34.1 Å². The molecule has 1 fully saturated rings. The Bertz CT molecular complexity index is 1400. The molecule has 2 aromatic heterocycles. The Balaban J connectivity index is 0.000000140. The van der Waals surface area contributed by atoms with Crippen LogP contribution in [-0.4, -0.2) is 45.0 Å². The van der Waals surface area contributed by atoms with Gasteiger partial charge in [-0.25, -0.2) is 9.97 Å². The predicted molar refractivity (Wildman–Crippen MR) is 128 cm³/mol. The lowest BCUT2D eigenvalue weighted by Gasteiger charge is -2.32. The summed E-state index contributed by atoms with van der Waals surface area (Å²) in [5.41, 5.74) is 3.33. The largest absolute Gasteiger partial charge is 0.514 e. The lowest BCUT2D eigenvalue weighted by atomic mass is 9.82. The quantitative estimate of drug-likeness (QED) is 0.484. The standard InChI is InChI=1S/C13H17BN2O2.C12H9N3/c1-12(2)13(3,4)18-14(17-12)11-9-7-5-6-8-10(9)15-16-11;1-2-4-11-9(3-1)10(7-14-11)12-5-6-13-8-15-12/h5-8H,1-4H3,(H,15,16);1-6,8H,7H2. The molecular formula is C25H26BN5O2. The molecule has 0 radical (unpaired) electrons. The number of benzene rings is 2. The Morgan fingerprint density at radius 2 is 1.64 bits per heavy atom. The van der Waals surface area contributed by atoms with Crippen LogP contribution in [0.15, 0.2) is 72.1 Å². The average Bonchev–Trinajstić information content (AvgIpc) is 3.49. The van der Waals surface area contributed by atoms with Gasteiger partial charge in [0.1, 0.15) is 6.33 Å². The Morgan fingerprint density at radius 3 is 2.39 bits per heavy atom. The molecule has 1 N–H and O–H groups in total. The SMILES string of the molecule is CC1(C)OB(c2[nH]nc3ccccc23)OC1(C)C.c1ccc2c(c1)=NCC=2c1ccncn1. The van der Waals surface area contributed by atoms with E-state index in [1.165, 1.54) is 10.8 Å². The van der Waals surface area contributed by atoms with E-state index in [4.69, 9.17) is 9.31 Å². The van der Waals surface area contributed by atoms with E-state index < -0.39 is 0 Å². The predicted octanol–water partition coefficient (Wildman–Crippen LogP) is 2.17. The molecule has 4 heterocycles. The molecule has 0 unspecified atom stereocenters. The smallest absolute Gasteiger partial charge is 0.398 e. The number of fused-ring (bicyclic) bond motifs is 2. The first-order valence-corrected chi connectivity index (χ1v) is 11.0. The summed E-state index contributed by atoms with van der Waals surface area (Å²) in [6, 6.07) is 18.0. The highest BCUT2D eigenvalue weighted by Crippen LogP contribution is 2.36. The highest BCUT2D eigenvalue weighted by molar-refractivity contribution is 6.64. The van der Waals surface area contributed by atoms with E-state index in [1.54, 1.807) is 12.5 Å². The van der Waals surface area contributed by atoms with E-state index in [1.807, 2.05) is 76.2 Å². The van der Waals surface area contributed by atoms with Crippen molar-refractivity contribution in [1.82, 2.24) is 20.2 Å². The maximum Gasteiger partial charge on any atom is 0.514 e. The number of rotatable bonds is 2. The molecule has 33 heavy (non-hydrogen) atoms. The molecule has 0 bridgehead atoms. The van der Waals surface area contributed by atoms with Gasteiger partial charge in [0.2, 0.25) is 0 Å². The summed E-state index contributed by atoms with van der Waals surface area (Å²) in [4.78, 5) is 12.6. The van der Waals surface area contributed by atoms with Crippen molar-refractivity contribution in [3.63, 3.8) is 0 Å². The van der Waals surface area contributed by atoms with Gasteiger partial charge in [-0.1, -0.05) is 36.4 Å². The van der Waals surface area contributed by atoms with E-state index in [2.05, 4.69) is 31.2 Å². The van der Waals surface area contributed by atoms with E-state index in [-0.39, 0.29) is 18.3 Å². The van der Waals surface area contributed by atoms with Crippen LogP contribution in [0.3, 0.4) is 0 Å². The van der Waals surface area contributed by atoms with Gasteiger partial charge in [0, 0.05) is 22.4 Å². The fourth-order valence-electron chi connectivity index (χ4n) is 3.92. The van der Waals surface area contributed by atoms with Crippen molar-refractivity contribution in [2.45, 2.75) is 38.9 Å². The Hall–Kier alpha value is -3.36. The van der Waals surface area contributed by atoms with Gasteiger partial charge in [-0.15, -0.1) is 0 Å². The van der Waals surface area contributed by atoms with Crippen LogP contribution in [0, 0.1) is 0 Å². The van der Waals surface area contributed by atoms with Crippen LogP contribution in [0.4, 0.5) is 0 Å². The molecule has 0 spiro atoms. The molecule has 8 heteroatoms. The fourth-order valence-corrected chi connectivity index (χ4v) is 3.92. The van der Waals surface area contributed by atoms with Gasteiger partial charge in [-0.05, 0) is 45.9 Å². The third-order valence-corrected chi connectivity index (χ3v) is 6.51. The molecule has 1 saturated heterocycles. The number of aromatic amines is 1. The van der Waals surface area contributed by atoms with Crippen molar-refractivity contribution in [3.05, 3.63) is 83.4 Å². The average molecular weight is 439 g/mol. The van der Waals surface area contributed by atoms with Crippen LogP contribution < -0.4 is 16.2 Å². The summed E-state index contributed by atoms with van der Waals surface area (Å²) in [6.45, 7) is 8.91. The summed E-state index contributed by atoms with van der Waals surface area (Å²) >= 11 is 0. The molecule has 0 aliphatic carbocycles. The molecule has 2 aromatic carbocycles. The van der Waals surface area contributed by atoms with Crippen LogP contribution in [0.2, 0.25) is 0 Å². The zero-order valence-corrected chi connectivity index (χ0v) is 19.2. The Morgan fingerprint density at radius 1 is 0.909 bits per heavy atom. The molecular weight excluding hydrogens is 413 g/mol. The normalized spacial score (nSPS) is 17.9. The van der Waals surface area contributed by atoms with Gasteiger partial charge < -0.3 is 9.31 Å². The molecule has 0 atom stereocenters. The number of nitrogens with one attached hydrogen (secondary N) is 1. The summed E-state index contributed by atoms with van der Waals surface area (Å²) in [5, 5.41) is 10.6. The van der Waals surface area contributed by atoms with Crippen LogP contribution >= 0.6 is 0 Å². The monoisotopic (exact) mass is 439 g/mol. The molecule has 0 saturated carbocycles. The van der Waals surface area contributed by atoms with Crippen LogP contribution in [-0.2, 0) is 9.31 Å². The number of hydrogen-bond acceptors (Lipinski definition) is 6. The topological polar surface area (TPSA) is 85.3 Å². The molecule has 0 amide bonds. The number of nitrogens with zero attached hydrogens (tertiary/aromatic N) is 4. The minimum absolute atomic E-state index is 0.329. The van der Waals surface area contributed by atoms with Crippen molar-refractivity contribution in [1.29, 1.82) is 0 Å². The molecule has 2 aliphatic heterocycles. The second-order valence-electron chi connectivity index (χ2n) is 9.15. The Kier molecular flexibility index (Phi) is 5.34. The van der Waals surface area contributed by atoms with Gasteiger partial charge in [0.15, 0.2) is 0 Å². The van der Waals surface area contributed by atoms with Crippen molar-refractivity contribution in [2.75, 3.05) is 6.54 Å². The zero-order chi connectivity index (χ0) is 23.1. The third kappa shape index (κ3) is 3.96. The molecule has 7 nitrogen and oxygen atoms in total. The fraction of sp³-hybridized carbons (Fsp3) is 0.280. The zero-order valence-electron chi connectivity index (χ0n) is 19.2. The van der Waals surface area contributed by atoms with Gasteiger partial charge >= 0.3 is 7.12 Å². The first kappa shape index (κ1) is 21.5. The highest BCUT2D eigenvalue weighted by atomic mass is 16.7. The number of para-hydroxylation sites is 2. The molecule has 6 rings (SSSR count). The van der Waals surface area contributed by atoms with E-state index in [9.17, 15) is 0 Å². The van der Waals surface area contributed by atoms with E-state index in [0.29, 0.717) is 0 Å². The first-order valence-electron chi connectivity index (χ1n) is 11.0. The molecule has 2 aliphatic rings. The second kappa shape index (κ2) is 8.21. The van der Waals surface area contributed by atoms with Gasteiger partial charge in [0.05, 0.1) is 39.9 Å². The summed E-state index contributed by atoms with van der Waals surface area (Å²) < 4.78 is 12.0. The minimum Gasteiger partial charge on any atom is -0.398 e. The second-order valence-corrected chi connectivity index (χ2v) is 9.15. The van der Waals surface area contributed by atoms with E-state index >= 15 is 0 Å². The van der Waals surface area contributed by atoms with Crippen LogP contribution in [0.1, 0.15) is 33.4 Å². The van der Waals surface area contributed by atoms with Crippen molar-refractivity contribution >= 4 is 29.2 Å². The number of aromatic nitrogens is 4. The third-order valence-electron chi connectivity index (χ3n) is 6.51. The summed E-state index contributed by atoms with van der Waals surface area (Å²) in [6.07, 6.45) is 3.33. The van der Waals surface area contributed by atoms with Crippen molar-refractivity contribution < 1.29 is 9.31 Å². The molecule has 166 valence electrons. The van der Waals surface area contributed by atoms with Gasteiger partial charge in [-0.2, -0.15) is 5.10 Å². The van der Waals surface area contributed by atoms with Crippen LogP contribution in [0.25, 0.3) is 16.5 Å². The molecule has 4 aromatic rings. The Labute approximate surface area is 192 Å². The number of hydrogen-bond donors (Lipinski definition) is 1. The maximum atomic E-state index is 6.02.